The molecule has 24 heavy (non-hydrogen) atoms. The fourth-order valence-corrected chi connectivity index (χ4v) is 3.08. The summed E-state index contributed by atoms with van der Waals surface area (Å²) >= 11 is 0. The Balaban J connectivity index is 1.63. The molecule has 0 spiro atoms. The van der Waals surface area contributed by atoms with Gasteiger partial charge in [-0.1, -0.05) is 12.1 Å². The number of piperazine rings is 1. The molecule has 6 nitrogen and oxygen atoms in total. The van der Waals surface area contributed by atoms with E-state index in [0.717, 1.165) is 12.2 Å². The molecule has 0 aromatic heterocycles. The monoisotopic (exact) mass is 321 g/mol. The van der Waals surface area contributed by atoms with Gasteiger partial charge in [0.05, 0.1) is 23.4 Å². The molecule has 1 saturated heterocycles. The second-order valence-electron chi connectivity index (χ2n) is 5.73. The van der Waals surface area contributed by atoms with Gasteiger partial charge in [-0.15, -0.1) is 0 Å². The van der Waals surface area contributed by atoms with E-state index in [1.165, 1.54) is 4.90 Å². The maximum absolute atomic E-state index is 12.5. The standard InChI is InChI=1S/C18H15N3O3/c22-16-11-19-9-10-20(16)12-5-7-13(8-6-12)21-17(23)14-3-1-2-4-15(14)18(21)24/h1-8,19H,9-11H2. The Hall–Kier alpha value is -2.99. The Bertz CT molecular complexity index is 810. The molecule has 2 aromatic rings. The van der Waals surface area contributed by atoms with Gasteiger partial charge in [-0.25, -0.2) is 4.90 Å². The summed E-state index contributed by atoms with van der Waals surface area (Å²) in [5.41, 5.74) is 2.11. The van der Waals surface area contributed by atoms with Crippen LogP contribution in [0, 0.1) is 0 Å². The minimum absolute atomic E-state index is 0.00901. The molecule has 1 N–H and O–H groups in total. The fourth-order valence-electron chi connectivity index (χ4n) is 3.08. The first-order chi connectivity index (χ1) is 11.7. The number of imide groups is 1. The topological polar surface area (TPSA) is 69.7 Å². The van der Waals surface area contributed by atoms with Gasteiger partial charge in [-0.05, 0) is 36.4 Å². The highest BCUT2D eigenvalue weighted by atomic mass is 16.2. The van der Waals surface area contributed by atoms with Crippen molar-refractivity contribution >= 4 is 29.1 Å². The number of rotatable bonds is 2. The number of hydrogen-bond donors (Lipinski definition) is 1. The zero-order valence-corrected chi connectivity index (χ0v) is 12.9. The third kappa shape index (κ3) is 2.19. The number of carbonyl (C=O) groups excluding carboxylic acids is 3. The number of fused-ring (bicyclic) bond motifs is 1. The maximum atomic E-state index is 12.5. The van der Waals surface area contributed by atoms with Gasteiger partial charge in [-0.3, -0.25) is 14.4 Å². The lowest BCUT2D eigenvalue weighted by molar-refractivity contribution is -0.118. The SMILES string of the molecule is O=C1CNCCN1c1ccc(N2C(=O)c3ccccc3C2=O)cc1. The summed E-state index contributed by atoms with van der Waals surface area (Å²) in [5, 5.41) is 3.02. The molecule has 0 aliphatic carbocycles. The molecule has 6 heteroatoms. The Morgan fingerprint density at radius 2 is 1.38 bits per heavy atom. The van der Waals surface area contributed by atoms with E-state index in [4.69, 9.17) is 0 Å². The number of anilines is 2. The van der Waals surface area contributed by atoms with Crippen molar-refractivity contribution in [2.24, 2.45) is 0 Å². The van der Waals surface area contributed by atoms with Crippen LogP contribution < -0.4 is 15.1 Å². The first-order valence-electron chi connectivity index (χ1n) is 7.76. The number of carbonyl (C=O) groups is 3. The summed E-state index contributed by atoms with van der Waals surface area (Å²) in [6.07, 6.45) is 0. The Kier molecular flexibility index (Phi) is 3.39. The molecule has 3 amide bonds. The van der Waals surface area contributed by atoms with Gasteiger partial charge >= 0.3 is 0 Å². The van der Waals surface area contributed by atoms with Gasteiger partial charge in [0.25, 0.3) is 11.8 Å². The molecule has 0 atom stereocenters. The highest BCUT2D eigenvalue weighted by Gasteiger charge is 2.36. The van der Waals surface area contributed by atoms with E-state index in [1.807, 2.05) is 0 Å². The molecule has 0 unspecified atom stereocenters. The lowest BCUT2D eigenvalue weighted by Gasteiger charge is -2.27. The molecular formula is C18H15N3O3. The molecule has 1 fully saturated rings. The van der Waals surface area contributed by atoms with Gasteiger partial charge in [0, 0.05) is 18.8 Å². The predicted molar refractivity (Wildman–Crippen MR) is 89.2 cm³/mol. The average molecular weight is 321 g/mol. The van der Waals surface area contributed by atoms with Gasteiger partial charge in [0.15, 0.2) is 0 Å². The molecule has 2 aromatic carbocycles. The molecule has 0 radical (unpaired) electrons. The number of hydrogen-bond acceptors (Lipinski definition) is 4. The maximum Gasteiger partial charge on any atom is 0.266 e. The largest absolute Gasteiger partial charge is 0.310 e. The second kappa shape index (κ2) is 5.58. The van der Waals surface area contributed by atoms with Crippen LogP contribution in [0.25, 0.3) is 0 Å². The molecule has 2 heterocycles. The Morgan fingerprint density at radius 1 is 0.792 bits per heavy atom. The molecular weight excluding hydrogens is 306 g/mol. The van der Waals surface area contributed by atoms with Gasteiger partial charge in [0.1, 0.15) is 0 Å². The van der Waals surface area contributed by atoms with Crippen molar-refractivity contribution in [3.05, 3.63) is 59.7 Å². The second-order valence-corrected chi connectivity index (χ2v) is 5.73. The van der Waals surface area contributed by atoms with Crippen molar-refractivity contribution in [2.75, 3.05) is 29.4 Å². The van der Waals surface area contributed by atoms with Crippen LogP contribution in [-0.4, -0.2) is 37.4 Å². The normalized spacial score (nSPS) is 17.4. The number of nitrogens with zero attached hydrogens (tertiary/aromatic N) is 2. The van der Waals surface area contributed by atoms with Crippen molar-refractivity contribution < 1.29 is 14.4 Å². The lowest BCUT2D eigenvalue weighted by Crippen LogP contribution is -2.48. The van der Waals surface area contributed by atoms with Crippen LogP contribution in [0.4, 0.5) is 11.4 Å². The zero-order valence-electron chi connectivity index (χ0n) is 12.9. The molecule has 2 aliphatic rings. The van der Waals surface area contributed by atoms with Crippen LogP contribution in [0.15, 0.2) is 48.5 Å². The van der Waals surface area contributed by atoms with E-state index in [2.05, 4.69) is 5.32 Å². The lowest BCUT2D eigenvalue weighted by atomic mass is 10.1. The van der Waals surface area contributed by atoms with Crippen LogP contribution >= 0.6 is 0 Å². The van der Waals surface area contributed by atoms with Crippen LogP contribution in [-0.2, 0) is 4.79 Å². The van der Waals surface area contributed by atoms with Gasteiger partial charge < -0.3 is 10.2 Å². The first-order valence-corrected chi connectivity index (χ1v) is 7.76. The fraction of sp³-hybridized carbons (Fsp3) is 0.167. The van der Waals surface area contributed by atoms with E-state index in [-0.39, 0.29) is 17.7 Å². The third-order valence-corrected chi connectivity index (χ3v) is 4.30. The average Bonchev–Trinajstić information content (AvgIpc) is 2.87. The quantitative estimate of drug-likeness (QED) is 0.850. The molecule has 0 bridgehead atoms. The highest BCUT2D eigenvalue weighted by Crippen LogP contribution is 2.29. The number of amides is 3. The minimum atomic E-state index is -0.318. The van der Waals surface area contributed by atoms with E-state index in [0.29, 0.717) is 29.9 Å². The highest BCUT2D eigenvalue weighted by molar-refractivity contribution is 6.34. The molecule has 120 valence electrons. The van der Waals surface area contributed by atoms with E-state index in [1.54, 1.807) is 53.4 Å². The van der Waals surface area contributed by atoms with Crippen molar-refractivity contribution in [1.29, 1.82) is 0 Å². The molecule has 4 rings (SSSR count). The smallest absolute Gasteiger partial charge is 0.266 e. The van der Waals surface area contributed by atoms with E-state index in [9.17, 15) is 14.4 Å². The van der Waals surface area contributed by atoms with Crippen LogP contribution in [0.1, 0.15) is 20.7 Å². The van der Waals surface area contributed by atoms with Gasteiger partial charge in [-0.2, -0.15) is 0 Å². The zero-order chi connectivity index (χ0) is 16.7. The number of nitrogens with one attached hydrogen (secondary N) is 1. The van der Waals surface area contributed by atoms with Crippen molar-refractivity contribution in [3.63, 3.8) is 0 Å². The Labute approximate surface area is 138 Å². The molecule has 2 aliphatic heterocycles. The summed E-state index contributed by atoms with van der Waals surface area (Å²) in [6, 6.07) is 13.7. The summed E-state index contributed by atoms with van der Waals surface area (Å²) in [4.78, 5) is 39.8. The van der Waals surface area contributed by atoms with Crippen molar-refractivity contribution in [2.45, 2.75) is 0 Å². The van der Waals surface area contributed by atoms with Crippen LogP contribution in [0.3, 0.4) is 0 Å². The van der Waals surface area contributed by atoms with E-state index < -0.39 is 0 Å². The van der Waals surface area contributed by atoms with Gasteiger partial charge in [0.2, 0.25) is 5.91 Å². The summed E-state index contributed by atoms with van der Waals surface area (Å²) in [5.74, 6) is -0.627. The Morgan fingerprint density at radius 3 is 1.96 bits per heavy atom. The third-order valence-electron chi connectivity index (χ3n) is 4.30. The van der Waals surface area contributed by atoms with Crippen molar-refractivity contribution in [3.8, 4) is 0 Å². The predicted octanol–water partition coefficient (Wildman–Crippen LogP) is 1.42. The number of benzene rings is 2. The summed E-state index contributed by atoms with van der Waals surface area (Å²) < 4.78 is 0. The first kappa shape index (κ1) is 14.6. The van der Waals surface area contributed by atoms with E-state index >= 15 is 0 Å². The summed E-state index contributed by atoms with van der Waals surface area (Å²) in [6.45, 7) is 1.66. The van der Waals surface area contributed by atoms with Crippen LogP contribution in [0.5, 0.6) is 0 Å². The molecule has 0 saturated carbocycles. The van der Waals surface area contributed by atoms with Crippen molar-refractivity contribution in [1.82, 2.24) is 5.32 Å². The van der Waals surface area contributed by atoms with Crippen LogP contribution in [0.2, 0.25) is 0 Å². The summed E-state index contributed by atoms with van der Waals surface area (Å²) in [7, 11) is 0. The minimum Gasteiger partial charge on any atom is -0.310 e.